The van der Waals surface area contributed by atoms with Gasteiger partial charge in [0.05, 0.1) is 13.2 Å². The van der Waals surface area contributed by atoms with Crippen molar-refractivity contribution in [2.24, 2.45) is 11.7 Å². The van der Waals surface area contributed by atoms with Gasteiger partial charge in [0.15, 0.2) is 0 Å². The molecule has 1 saturated carbocycles. The van der Waals surface area contributed by atoms with Crippen LogP contribution in [0.3, 0.4) is 0 Å². The van der Waals surface area contributed by atoms with Crippen molar-refractivity contribution in [3.05, 3.63) is 34.3 Å². The van der Waals surface area contributed by atoms with Crippen LogP contribution in [-0.2, 0) is 9.53 Å². The Morgan fingerprint density at radius 3 is 2.86 bits per heavy atom. The summed E-state index contributed by atoms with van der Waals surface area (Å²) in [6.07, 6.45) is 2.68. The Hall–Kier alpha value is -0.910. The number of carbonyl (C=O) groups excluding carboxylic acids is 1. The predicted molar refractivity (Wildman–Crippen MR) is 84.7 cm³/mol. The van der Waals surface area contributed by atoms with Crippen molar-refractivity contribution < 1.29 is 9.53 Å². The first-order valence-electron chi connectivity index (χ1n) is 7.55. The molecule has 1 aliphatic carbocycles. The SMILES string of the molecule is NC1CCC(C(=O)N2CCOC(c3ccccc3Br)C2)C1. The van der Waals surface area contributed by atoms with Crippen LogP contribution >= 0.6 is 15.9 Å². The van der Waals surface area contributed by atoms with Crippen LogP contribution in [0.5, 0.6) is 0 Å². The fourth-order valence-electron chi connectivity index (χ4n) is 3.27. The van der Waals surface area contributed by atoms with Gasteiger partial charge in [0, 0.05) is 23.0 Å². The molecule has 1 saturated heterocycles. The van der Waals surface area contributed by atoms with Gasteiger partial charge in [-0.2, -0.15) is 0 Å². The Balaban J connectivity index is 1.68. The highest BCUT2D eigenvalue weighted by Gasteiger charge is 2.34. The van der Waals surface area contributed by atoms with Gasteiger partial charge in [-0.15, -0.1) is 0 Å². The lowest BCUT2D eigenvalue weighted by atomic mass is 10.0. The highest BCUT2D eigenvalue weighted by molar-refractivity contribution is 9.10. The highest BCUT2D eigenvalue weighted by Crippen LogP contribution is 2.31. The zero-order valence-corrected chi connectivity index (χ0v) is 13.6. The molecule has 1 aliphatic heterocycles. The normalized spacial score (nSPS) is 29.6. The molecule has 1 heterocycles. The monoisotopic (exact) mass is 352 g/mol. The molecule has 3 rings (SSSR count). The van der Waals surface area contributed by atoms with Crippen molar-refractivity contribution in [3.63, 3.8) is 0 Å². The van der Waals surface area contributed by atoms with Gasteiger partial charge in [-0.1, -0.05) is 34.1 Å². The van der Waals surface area contributed by atoms with Gasteiger partial charge in [0.1, 0.15) is 6.10 Å². The van der Waals surface area contributed by atoms with Crippen LogP contribution < -0.4 is 5.73 Å². The van der Waals surface area contributed by atoms with Gasteiger partial charge in [0.2, 0.25) is 5.91 Å². The lowest BCUT2D eigenvalue weighted by Crippen LogP contribution is -2.44. The average molecular weight is 353 g/mol. The lowest BCUT2D eigenvalue weighted by Gasteiger charge is -2.35. The smallest absolute Gasteiger partial charge is 0.225 e. The minimum Gasteiger partial charge on any atom is -0.370 e. The van der Waals surface area contributed by atoms with E-state index in [2.05, 4.69) is 15.9 Å². The third-order valence-electron chi connectivity index (χ3n) is 4.45. The van der Waals surface area contributed by atoms with Gasteiger partial charge in [-0.3, -0.25) is 4.79 Å². The minimum absolute atomic E-state index is 0.0478. The van der Waals surface area contributed by atoms with E-state index in [1.54, 1.807) is 0 Å². The third-order valence-corrected chi connectivity index (χ3v) is 5.17. The van der Waals surface area contributed by atoms with E-state index < -0.39 is 0 Å². The summed E-state index contributed by atoms with van der Waals surface area (Å²) in [4.78, 5) is 14.6. The number of carbonyl (C=O) groups is 1. The summed E-state index contributed by atoms with van der Waals surface area (Å²) >= 11 is 3.56. The Morgan fingerprint density at radius 1 is 1.33 bits per heavy atom. The summed E-state index contributed by atoms with van der Waals surface area (Å²) in [7, 11) is 0. The maximum atomic E-state index is 12.6. The van der Waals surface area contributed by atoms with E-state index in [0.717, 1.165) is 29.3 Å². The number of nitrogens with two attached hydrogens (primary N) is 1. The predicted octanol–water partition coefficient (Wildman–Crippen LogP) is 2.48. The number of rotatable bonds is 2. The van der Waals surface area contributed by atoms with Crippen LogP contribution in [0, 0.1) is 5.92 Å². The topological polar surface area (TPSA) is 55.6 Å². The maximum absolute atomic E-state index is 12.6. The molecule has 5 heteroatoms. The number of amides is 1. The van der Waals surface area contributed by atoms with Gasteiger partial charge in [0.25, 0.3) is 0 Å². The Labute approximate surface area is 133 Å². The van der Waals surface area contributed by atoms with Crippen LogP contribution in [0.2, 0.25) is 0 Å². The van der Waals surface area contributed by atoms with Crippen molar-refractivity contribution >= 4 is 21.8 Å². The molecule has 4 nitrogen and oxygen atoms in total. The molecule has 0 spiro atoms. The molecule has 1 aromatic rings. The number of halogens is 1. The lowest BCUT2D eigenvalue weighted by molar-refractivity contribution is -0.143. The largest absolute Gasteiger partial charge is 0.370 e. The first-order valence-corrected chi connectivity index (χ1v) is 8.35. The van der Waals surface area contributed by atoms with Gasteiger partial charge in [-0.25, -0.2) is 0 Å². The van der Waals surface area contributed by atoms with Gasteiger partial charge < -0.3 is 15.4 Å². The highest BCUT2D eigenvalue weighted by atomic mass is 79.9. The minimum atomic E-state index is -0.0478. The van der Waals surface area contributed by atoms with Crippen molar-refractivity contribution in [2.75, 3.05) is 19.7 Å². The molecule has 0 radical (unpaired) electrons. The standard InChI is InChI=1S/C16H21BrN2O2/c17-14-4-2-1-3-13(14)15-10-19(7-8-21-15)16(20)11-5-6-12(18)9-11/h1-4,11-12,15H,5-10,18H2. The number of hydrogen-bond donors (Lipinski definition) is 1. The second-order valence-electron chi connectivity index (χ2n) is 5.94. The molecule has 2 N–H and O–H groups in total. The second kappa shape index (κ2) is 6.46. The van der Waals surface area contributed by atoms with E-state index in [9.17, 15) is 4.79 Å². The molecule has 3 unspecified atom stereocenters. The zero-order chi connectivity index (χ0) is 14.8. The summed E-state index contributed by atoms with van der Waals surface area (Å²) in [5.74, 6) is 0.362. The fraction of sp³-hybridized carbons (Fsp3) is 0.562. The molecule has 3 atom stereocenters. The van der Waals surface area contributed by atoms with Gasteiger partial charge >= 0.3 is 0 Å². The number of morpholine rings is 1. The van der Waals surface area contributed by atoms with Crippen LogP contribution in [0.25, 0.3) is 0 Å². The number of benzene rings is 1. The molecule has 114 valence electrons. The van der Waals surface area contributed by atoms with Crippen LogP contribution in [0.4, 0.5) is 0 Å². The quantitative estimate of drug-likeness (QED) is 0.889. The van der Waals surface area contributed by atoms with Crippen molar-refractivity contribution in [3.8, 4) is 0 Å². The summed E-state index contributed by atoms with van der Waals surface area (Å²) in [5, 5.41) is 0. The molecular formula is C16H21BrN2O2. The van der Waals surface area contributed by atoms with E-state index in [-0.39, 0.29) is 24.0 Å². The maximum Gasteiger partial charge on any atom is 0.225 e. The molecule has 0 bridgehead atoms. The van der Waals surface area contributed by atoms with E-state index in [4.69, 9.17) is 10.5 Å². The fourth-order valence-corrected chi connectivity index (χ4v) is 3.81. The molecule has 1 aromatic carbocycles. The summed E-state index contributed by atoms with van der Waals surface area (Å²) in [5.41, 5.74) is 7.04. The first-order chi connectivity index (χ1) is 10.1. The summed E-state index contributed by atoms with van der Waals surface area (Å²) < 4.78 is 6.89. The molecule has 21 heavy (non-hydrogen) atoms. The van der Waals surface area contributed by atoms with Crippen LogP contribution in [0.1, 0.15) is 30.9 Å². The zero-order valence-electron chi connectivity index (χ0n) is 12.0. The summed E-state index contributed by atoms with van der Waals surface area (Å²) in [6, 6.07) is 8.24. The second-order valence-corrected chi connectivity index (χ2v) is 6.79. The Kier molecular flexibility index (Phi) is 4.62. The average Bonchev–Trinajstić information content (AvgIpc) is 2.94. The van der Waals surface area contributed by atoms with Crippen molar-refractivity contribution in [2.45, 2.75) is 31.4 Å². The van der Waals surface area contributed by atoms with E-state index in [1.165, 1.54) is 0 Å². The molecule has 0 aromatic heterocycles. The van der Waals surface area contributed by atoms with Crippen LogP contribution in [-0.4, -0.2) is 36.5 Å². The summed E-state index contributed by atoms with van der Waals surface area (Å²) in [6.45, 7) is 1.91. The third kappa shape index (κ3) is 3.30. The number of nitrogens with zero attached hydrogens (tertiary/aromatic N) is 1. The van der Waals surface area contributed by atoms with Crippen molar-refractivity contribution in [1.82, 2.24) is 4.90 Å². The first kappa shape index (κ1) is 15.0. The molecule has 2 aliphatic rings. The number of hydrogen-bond acceptors (Lipinski definition) is 3. The van der Waals surface area contributed by atoms with Gasteiger partial charge in [-0.05, 0) is 30.9 Å². The van der Waals surface area contributed by atoms with E-state index in [1.807, 2.05) is 29.2 Å². The van der Waals surface area contributed by atoms with E-state index >= 15 is 0 Å². The Morgan fingerprint density at radius 2 is 2.14 bits per heavy atom. The molecular weight excluding hydrogens is 332 g/mol. The van der Waals surface area contributed by atoms with Crippen molar-refractivity contribution in [1.29, 1.82) is 0 Å². The molecule has 2 fully saturated rings. The molecule has 1 amide bonds. The number of ether oxygens (including phenoxy) is 1. The van der Waals surface area contributed by atoms with E-state index in [0.29, 0.717) is 19.7 Å². The Bertz CT molecular complexity index is 523. The van der Waals surface area contributed by atoms with Crippen LogP contribution in [0.15, 0.2) is 28.7 Å².